The fraction of sp³-hybridized carbons (Fsp3) is 0.353. The second kappa shape index (κ2) is 7.20. The number of hydrogen-bond acceptors (Lipinski definition) is 4. The van der Waals surface area contributed by atoms with Crippen molar-refractivity contribution in [3.8, 4) is 5.75 Å². The Hall–Kier alpha value is -1.91. The van der Waals surface area contributed by atoms with Crippen LogP contribution in [0.15, 0.2) is 42.6 Å². The van der Waals surface area contributed by atoms with E-state index in [0.29, 0.717) is 6.54 Å². The van der Waals surface area contributed by atoms with Gasteiger partial charge < -0.3 is 10.5 Å². The van der Waals surface area contributed by atoms with E-state index >= 15 is 0 Å². The molecule has 0 spiro atoms. The normalized spacial score (nSPS) is 12.4. The highest BCUT2D eigenvalue weighted by atomic mass is 16.5. The Kier molecular flexibility index (Phi) is 5.31. The molecule has 0 aliphatic rings. The van der Waals surface area contributed by atoms with Crippen LogP contribution in [-0.4, -0.2) is 30.6 Å². The Morgan fingerprint density at radius 1 is 1.29 bits per heavy atom. The Morgan fingerprint density at radius 2 is 2.10 bits per heavy atom. The molecule has 0 saturated carbocycles. The zero-order valence-corrected chi connectivity index (χ0v) is 12.9. The Bertz CT molecular complexity index is 572. The van der Waals surface area contributed by atoms with Crippen LogP contribution >= 0.6 is 0 Å². The summed E-state index contributed by atoms with van der Waals surface area (Å²) in [6.07, 6.45) is 1.82. The number of ether oxygens (including phenoxy) is 1. The molecule has 2 N–H and O–H groups in total. The zero-order valence-electron chi connectivity index (χ0n) is 12.9. The molecular formula is C17H23N3O. The van der Waals surface area contributed by atoms with E-state index in [4.69, 9.17) is 10.5 Å². The summed E-state index contributed by atoms with van der Waals surface area (Å²) in [5.74, 6) is 0.905. The summed E-state index contributed by atoms with van der Waals surface area (Å²) < 4.78 is 5.31. The molecular weight excluding hydrogens is 262 g/mol. The van der Waals surface area contributed by atoms with Gasteiger partial charge in [-0.15, -0.1) is 0 Å². The summed E-state index contributed by atoms with van der Waals surface area (Å²) >= 11 is 0. The van der Waals surface area contributed by atoms with Gasteiger partial charge in [0, 0.05) is 25.3 Å². The Morgan fingerprint density at radius 3 is 2.67 bits per heavy atom. The zero-order chi connectivity index (χ0) is 15.2. The van der Waals surface area contributed by atoms with Crippen molar-refractivity contribution in [3.05, 3.63) is 59.4 Å². The van der Waals surface area contributed by atoms with Crippen molar-refractivity contribution in [2.45, 2.75) is 19.5 Å². The van der Waals surface area contributed by atoms with Gasteiger partial charge in [-0.1, -0.05) is 18.2 Å². The molecule has 0 aliphatic carbocycles. The summed E-state index contributed by atoms with van der Waals surface area (Å²) in [6, 6.07) is 12.4. The van der Waals surface area contributed by atoms with Crippen molar-refractivity contribution in [1.82, 2.24) is 9.88 Å². The third kappa shape index (κ3) is 3.80. The number of methoxy groups -OCH3 is 1. The summed E-state index contributed by atoms with van der Waals surface area (Å²) in [7, 11) is 3.77. The lowest BCUT2D eigenvalue weighted by Crippen LogP contribution is -2.30. The van der Waals surface area contributed by atoms with Gasteiger partial charge in [-0.05, 0) is 43.3 Å². The molecule has 4 nitrogen and oxygen atoms in total. The van der Waals surface area contributed by atoms with E-state index in [-0.39, 0.29) is 6.04 Å². The number of rotatable bonds is 6. The van der Waals surface area contributed by atoms with Gasteiger partial charge in [0.05, 0.1) is 12.8 Å². The van der Waals surface area contributed by atoms with Crippen LogP contribution in [0.4, 0.5) is 0 Å². The van der Waals surface area contributed by atoms with Gasteiger partial charge in [0.2, 0.25) is 0 Å². The van der Waals surface area contributed by atoms with Crippen LogP contribution in [0.25, 0.3) is 0 Å². The molecule has 2 aromatic rings. The molecule has 4 heteroatoms. The summed E-state index contributed by atoms with van der Waals surface area (Å²) in [5, 5.41) is 0. The lowest BCUT2D eigenvalue weighted by molar-refractivity contribution is 0.239. The number of aromatic nitrogens is 1. The molecule has 0 amide bonds. The number of likely N-dealkylation sites (N-methyl/N-ethyl adjacent to an activating group) is 1. The maximum absolute atomic E-state index is 5.99. The second-order valence-corrected chi connectivity index (χ2v) is 5.22. The Labute approximate surface area is 126 Å². The first-order valence-electron chi connectivity index (χ1n) is 7.10. The van der Waals surface area contributed by atoms with Gasteiger partial charge in [0.1, 0.15) is 5.75 Å². The standard InChI is InChI=1S/C17H23N3O/c1-13-10-14(7-8-17(13)21-3)16(11-18)20(2)12-15-6-4-5-9-19-15/h4-10,16H,11-12,18H2,1-3H3. The molecule has 0 radical (unpaired) electrons. The molecule has 1 aromatic heterocycles. The summed E-state index contributed by atoms with van der Waals surface area (Å²) in [6.45, 7) is 3.39. The molecule has 0 fully saturated rings. The van der Waals surface area contributed by atoms with Gasteiger partial charge in [-0.25, -0.2) is 0 Å². The number of nitrogens with two attached hydrogens (primary N) is 1. The van der Waals surface area contributed by atoms with Crippen LogP contribution in [0, 0.1) is 6.92 Å². The average molecular weight is 285 g/mol. The lowest BCUT2D eigenvalue weighted by Gasteiger charge is -2.27. The second-order valence-electron chi connectivity index (χ2n) is 5.22. The number of aryl methyl sites for hydroxylation is 1. The molecule has 1 heterocycles. The van der Waals surface area contributed by atoms with E-state index in [9.17, 15) is 0 Å². The minimum atomic E-state index is 0.164. The van der Waals surface area contributed by atoms with Crippen molar-refractivity contribution in [3.63, 3.8) is 0 Å². The van der Waals surface area contributed by atoms with Crippen LogP contribution in [0.3, 0.4) is 0 Å². The smallest absolute Gasteiger partial charge is 0.121 e. The lowest BCUT2D eigenvalue weighted by atomic mass is 10.0. The largest absolute Gasteiger partial charge is 0.496 e. The molecule has 112 valence electrons. The Balaban J connectivity index is 2.16. The minimum Gasteiger partial charge on any atom is -0.496 e. The van der Waals surface area contributed by atoms with E-state index in [1.807, 2.05) is 30.5 Å². The van der Waals surface area contributed by atoms with E-state index in [0.717, 1.165) is 23.6 Å². The van der Waals surface area contributed by atoms with E-state index in [1.165, 1.54) is 5.56 Å². The molecule has 21 heavy (non-hydrogen) atoms. The van der Waals surface area contributed by atoms with Crippen molar-refractivity contribution in [2.75, 3.05) is 20.7 Å². The third-order valence-electron chi connectivity index (χ3n) is 3.70. The predicted molar refractivity (Wildman–Crippen MR) is 85.2 cm³/mol. The molecule has 1 unspecified atom stereocenters. The predicted octanol–water partition coefficient (Wildman–Crippen LogP) is 2.53. The highest BCUT2D eigenvalue weighted by molar-refractivity contribution is 5.37. The number of nitrogens with zero attached hydrogens (tertiary/aromatic N) is 2. The first kappa shape index (κ1) is 15.5. The maximum atomic E-state index is 5.99. The summed E-state index contributed by atoms with van der Waals surface area (Å²) in [4.78, 5) is 6.60. The van der Waals surface area contributed by atoms with Crippen LogP contribution in [0.1, 0.15) is 22.9 Å². The first-order valence-corrected chi connectivity index (χ1v) is 7.10. The van der Waals surface area contributed by atoms with E-state index in [2.05, 4.69) is 36.0 Å². The van der Waals surface area contributed by atoms with Gasteiger partial charge >= 0.3 is 0 Å². The number of benzene rings is 1. The van der Waals surface area contributed by atoms with Crippen LogP contribution in [-0.2, 0) is 6.54 Å². The quantitative estimate of drug-likeness (QED) is 0.886. The first-order chi connectivity index (χ1) is 10.2. The van der Waals surface area contributed by atoms with Gasteiger partial charge in [0.15, 0.2) is 0 Å². The summed E-state index contributed by atoms with van der Waals surface area (Å²) in [5.41, 5.74) is 9.36. The fourth-order valence-corrected chi connectivity index (χ4v) is 2.54. The molecule has 1 aromatic carbocycles. The molecule has 0 bridgehead atoms. The maximum Gasteiger partial charge on any atom is 0.121 e. The monoisotopic (exact) mass is 285 g/mol. The molecule has 1 atom stereocenters. The number of pyridine rings is 1. The highest BCUT2D eigenvalue weighted by Crippen LogP contribution is 2.25. The van der Waals surface area contributed by atoms with E-state index in [1.54, 1.807) is 7.11 Å². The van der Waals surface area contributed by atoms with Gasteiger partial charge in [-0.3, -0.25) is 9.88 Å². The molecule has 2 rings (SSSR count). The molecule has 0 aliphatic heterocycles. The van der Waals surface area contributed by atoms with Crippen molar-refractivity contribution >= 4 is 0 Å². The average Bonchev–Trinajstić information content (AvgIpc) is 2.49. The van der Waals surface area contributed by atoms with E-state index < -0.39 is 0 Å². The SMILES string of the molecule is COc1ccc(C(CN)N(C)Cc2ccccn2)cc1C. The van der Waals surface area contributed by atoms with Gasteiger partial charge in [0.25, 0.3) is 0 Å². The third-order valence-corrected chi connectivity index (χ3v) is 3.70. The number of hydrogen-bond donors (Lipinski definition) is 1. The molecule has 0 saturated heterocycles. The highest BCUT2D eigenvalue weighted by Gasteiger charge is 2.17. The van der Waals surface area contributed by atoms with Crippen molar-refractivity contribution in [2.24, 2.45) is 5.73 Å². The van der Waals surface area contributed by atoms with Crippen LogP contribution in [0.5, 0.6) is 5.75 Å². The van der Waals surface area contributed by atoms with Crippen molar-refractivity contribution < 1.29 is 4.74 Å². The van der Waals surface area contributed by atoms with Gasteiger partial charge in [-0.2, -0.15) is 0 Å². The van der Waals surface area contributed by atoms with Crippen LogP contribution < -0.4 is 10.5 Å². The van der Waals surface area contributed by atoms with Crippen molar-refractivity contribution in [1.29, 1.82) is 0 Å². The van der Waals surface area contributed by atoms with Crippen LogP contribution in [0.2, 0.25) is 0 Å². The fourth-order valence-electron chi connectivity index (χ4n) is 2.54. The topological polar surface area (TPSA) is 51.4 Å². The minimum absolute atomic E-state index is 0.164.